The summed E-state index contributed by atoms with van der Waals surface area (Å²) < 4.78 is 5.42. The Bertz CT molecular complexity index is 271. The molecule has 1 fully saturated rings. The Kier molecular flexibility index (Phi) is 5.93. The Hall–Kier alpha value is -1.14. The van der Waals surface area contributed by atoms with Gasteiger partial charge < -0.3 is 21.1 Å². The monoisotopic (exact) mass is 243 g/mol. The summed E-state index contributed by atoms with van der Waals surface area (Å²) in [6, 6.07) is 0. The van der Waals surface area contributed by atoms with E-state index in [0.717, 1.165) is 12.8 Å². The number of hydrogen-bond acceptors (Lipinski definition) is 4. The van der Waals surface area contributed by atoms with E-state index in [4.69, 9.17) is 10.5 Å². The largest absolute Gasteiger partial charge is 0.364 e. The van der Waals surface area contributed by atoms with Gasteiger partial charge in [-0.3, -0.25) is 9.59 Å². The molecule has 1 saturated heterocycles. The fraction of sp³-hybridized carbons (Fsp3) is 0.818. The highest BCUT2D eigenvalue weighted by Gasteiger charge is 2.29. The van der Waals surface area contributed by atoms with Crippen molar-refractivity contribution in [3.8, 4) is 0 Å². The Labute approximate surface area is 101 Å². The molecule has 1 aliphatic rings. The molecule has 1 heterocycles. The molecule has 0 spiro atoms. The van der Waals surface area contributed by atoms with E-state index >= 15 is 0 Å². The second-order valence-corrected chi connectivity index (χ2v) is 4.13. The smallest absolute Gasteiger partial charge is 0.249 e. The number of nitrogens with two attached hydrogens (primary N) is 1. The molecule has 6 nitrogen and oxygen atoms in total. The summed E-state index contributed by atoms with van der Waals surface area (Å²) in [5, 5.41) is 5.24. The lowest BCUT2D eigenvalue weighted by atomic mass is 10.2. The summed E-state index contributed by atoms with van der Waals surface area (Å²) in [6.45, 7) is 3.04. The molecule has 4 N–H and O–H groups in total. The average molecular weight is 243 g/mol. The highest BCUT2D eigenvalue weighted by Crippen LogP contribution is 2.18. The molecule has 1 aliphatic heterocycles. The molecule has 98 valence electrons. The number of amides is 2. The van der Waals surface area contributed by atoms with E-state index in [0.29, 0.717) is 19.5 Å². The van der Waals surface area contributed by atoms with Crippen LogP contribution in [0.1, 0.15) is 26.2 Å². The van der Waals surface area contributed by atoms with Crippen molar-refractivity contribution in [3.63, 3.8) is 0 Å². The average Bonchev–Trinajstić information content (AvgIpc) is 2.82. The van der Waals surface area contributed by atoms with Gasteiger partial charge in [-0.05, 0) is 19.3 Å². The van der Waals surface area contributed by atoms with Gasteiger partial charge in [-0.1, -0.05) is 6.92 Å². The zero-order valence-electron chi connectivity index (χ0n) is 10.2. The number of hydrogen-bond donors (Lipinski definition) is 3. The third-order valence-corrected chi connectivity index (χ3v) is 2.66. The lowest BCUT2D eigenvalue weighted by Gasteiger charge is -2.12. The van der Waals surface area contributed by atoms with Gasteiger partial charge in [-0.25, -0.2) is 0 Å². The van der Waals surface area contributed by atoms with Crippen LogP contribution in [0.3, 0.4) is 0 Å². The summed E-state index contributed by atoms with van der Waals surface area (Å²) in [4.78, 5) is 22.9. The van der Waals surface area contributed by atoms with Crippen molar-refractivity contribution >= 4 is 11.8 Å². The van der Waals surface area contributed by atoms with Crippen molar-refractivity contribution in [3.05, 3.63) is 0 Å². The Morgan fingerprint density at radius 3 is 2.71 bits per heavy atom. The summed E-state index contributed by atoms with van der Waals surface area (Å²) >= 11 is 0. The van der Waals surface area contributed by atoms with Gasteiger partial charge in [-0.15, -0.1) is 0 Å². The van der Waals surface area contributed by atoms with E-state index in [1.165, 1.54) is 0 Å². The van der Waals surface area contributed by atoms with Crippen molar-refractivity contribution in [1.29, 1.82) is 0 Å². The number of ether oxygens (including phenoxy) is 1. The molecule has 2 amide bonds. The maximum atomic E-state index is 11.6. The van der Waals surface area contributed by atoms with E-state index in [9.17, 15) is 9.59 Å². The molecule has 0 aromatic carbocycles. The molecule has 0 saturated carbocycles. The minimum absolute atomic E-state index is 0.00594. The molecule has 0 aromatic rings. The summed E-state index contributed by atoms with van der Waals surface area (Å²) in [6.07, 6.45) is 1.87. The van der Waals surface area contributed by atoms with Crippen molar-refractivity contribution in [2.24, 2.45) is 5.73 Å². The molecule has 0 bridgehead atoms. The van der Waals surface area contributed by atoms with Gasteiger partial charge >= 0.3 is 0 Å². The van der Waals surface area contributed by atoms with Crippen molar-refractivity contribution in [1.82, 2.24) is 10.6 Å². The van der Waals surface area contributed by atoms with Crippen molar-refractivity contribution < 1.29 is 14.3 Å². The van der Waals surface area contributed by atoms with E-state index in [1.807, 2.05) is 6.92 Å². The molecule has 0 unspecified atom stereocenters. The van der Waals surface area contributed by atoms with Crippen LogP contribution in [-0.2, 0) is 14.3 Å². The Morgan fingerprint density at radius 1 is 1.35 bits per heavy atom. The molecule has 1 rings (SSSR count). The number of nitrogens with one attached hydrogen (secondary N) is 2. The molecule has 0 aliphatic carbocycles. The van der Waals surface area contributed by atoms with E-state index < -0.39 is 6.10 Å². The fourth-order valence-corrected chi connectivity index (χ4v) is 1.68. The second kappa shape index (κ2) is 7.24. The van der Waals surface area contributed by atoms with Gasteiger partial charge in [0, 0.05) is 13.1 Å². The van der Waals surface area contributed by atoms with E-state index in [1.54, 1.807) is 0 Å². The van der Waals surface area contributed by atoms with Crippen molar-refractivity contribution in [2.45, 2.75) is 38.4 Å². The van der Waals surface area contributed by atoms with Gasteiger partial charge in [0.15, 0.2) is 0 Å². The van der Waals surface area contributed by atoms with E-state index in [-0.39, 0.29) is 24.5 Å². The van der Waals surface area contributed by atoms with Gasteiger partial charge in [0.1, 0.15) is 6.10 Å². The summed E-state index contributed by atoms with van der Waals surface area (Å²) in [7, 11) is 0. The highest BCUT2D eigenvalue weighted by atomic mass is 16.5. The number of rotatable bonds is 6. The van der Waals surface area contributed by atoms with Gasteiger partial charge in [0.25, 0.3) is 0 Å². The predicted molar refractivity (Wildman–Crippen MR) is 63.3 cm³/mol. The summed E-state index contributed by atoms with van der Waals surface area (Å²) in [5.41, 5.74) is 5.45. The van der Waals surface area contributed by atoms with Gasteiger partial charge in [0.05, 0.1) is 12.6 Å². The molecule has 2 atom stereocenters. The zero-order valence-corrected chi connectivity index (χ0v) is 10.2. The standard InChI is InChI=1S/C11H21N3O3/c1-2-5-13-10(15)7-14-11(16)9-4-3-8(6-12)17-9/h8-9H,2-7,12H2,1H3,(H,13,15)(H,14,16)/t8-,9+/m1/s1. The first-order valence-corrected chi connectivity index (χ1v) is 6.07. The number of carbonyl (C=O) groups excluding carboxylic acids is 2. The van der Waals surface area contributed by atoms with Crippen LogP contribution in [0.25, 0.3) is 0 Å². The van der Waals surface area contributed by atoms with Crippen LogP contribution in [0, 0.1) is 0 Å². The van der Waals surface area contributed by atoms with Gasteiger partial charge in [0.2, 0.25) is 11.8 Å². The second-order valence-electron chi connectivity index (χ2n) is 4.13. The first-order chi connectivity index (χ1) is 8.17. The topological polar surface area (TPSA) is 93.5 Å². The summed E-state index contributed by atoms with van der Waals surface area (Å²) in [5.74, 6) is -0.402. The lowest BCUT2D eigenvalue weighted by Crippen LogP contribution is -2.41. The third kappa shape index (κ3) is 4.70. The minimum Gasteiger partial charge on any atom is -0.364 e. The van der Waals surface area contributed by atoms with Crippen LogP contribution in [-0.4, -0.2) is 43.7 Å². The molecular weight excluding hydrogens is 222 g/mol. The highest BCUT2D eigenvalue weighted by molar-refractivity contribution is 5.86. The lowest BCUT2D eigenvalue weighted by molar-refractivity contribution is -0.133. The Balaban J connectivity index is 2.19. The van der Waals surface area contributed by atoms with Crippen LogP contribution < -0.4 is 16.4 Å². The fourth-order valence-electron chi connectivity index (χ4n) is 1.68. The van der Waals surface area contributed by atoms with Crippen LogP contribution in [0.2, 0.25) is 0 Å². The number of carbonyl (C=O) groups is 2. The van der Waals surface area contributed by atoms with Crippen LogP contribution in [0.5, 0.6) is 0 Å². The zero-order chi connectivity index (χ0) is 12.7. The third-order valence-electron chi connectivity index (χ3n) is 2.66. The predicted octanol–water partition coefficient (Wildman–Crippen LogP) is -0.865. The maximum absolute atomic E-state index is 11.6. The molecule has 17 heavy (non-hydrogen) atoms. The first kappa shape index (κ1) is 13.9. The van der Waals surface area contributed by atoms with E-state index in [2.05, 4.69) is 10.6 Å². The van der Waals surface area contributed by atoms with Gasteiger partial charge in [-0.2, -0.15) is 0 Å². The normalized spacial score (nSPS) is 23.4. The maximum Gasteiger partial charge on any atom is 0.249 e. The molecule has 0 radical (unpaired) electrons. The molecule has 0 aromatic heterocycles. The quantitative estimate of drug-likeness (QED) is 0.565. The first-order valence-electron chi connectivity index (χ1n) is 6.07. The molecular formula is C11H21N3O3. The SMILES string of the molecule is CCCNC(=O)CNC(=O)[C@@H]1CC[C@H](CN)O1. The van der Waals surface area contributed by atoms with Crippen molar-refractivity contribution in [2.75, 3.05) is 19.6 Å². The van der Waals surface area contributed by atoms with Crippen LogP contribution >= 0.6 is 0 Å². The molecule has 6 heteroatoms. The van der Waals surface area contributed by atoms with Crippen LogP contribution in [0.4, 0.5) is 0 Å². The van der Waals surface area contributed by atoms with Crippen LogP contribution in [0.15, 0.2) is 0 Å². The minimum atomic E-state index is -0.456. The Morgan fingerprint density at radius 2 is 2.12 bits per heavy atom.